The van der Waals surface area contributed by atoms with Gasteiger partial charge in [0.05, 0.1) is 10.6 Å². The second-order valence-corrected chi connectivity index (χ2v) is 8.98. The molecule has 0 N–H and O–H groups in total. The van der Waals surface area contributed by atoms with E-state index < -0.39 is 0 Å². The van der Waals surface area contributed by atoms with E-state index in [1.54, 1.807) is 4.90 Å². The summed E-state index contributed by atoms with van der Waals surface area (Å²) in [6.45, 7) is 2.53. The van der Waals surface area contributed by atoms with Gasteiger partial charge in [-0.1, -0.05) is 78.6 Å². The standard InChI is InChI=1S/C26H20N2OS2/c1-2-27-25(29)24(31-26(27)30)13-12-21-16-20(18-8-4-3-5-9-18)17-23-22-11-7-6-10-19(22)14-15-28(21)23/h3-17H,2H2,1H3. The summed E-state index contributed by atoms with van der Waals surface area (Å²) in [7, 11) is 0. The van der Waals surface area contributed by atoms with Crippen LogP contribution in [0.25, 0.3) is 17.3 Å². The van der Waals surface area contributed by atoms with Crippen molar-refractivity contribution >= 4 is 51.6 Å². The van der Waals surface area contributed by atoms with Crippen LogP contribution in [0.15, 0.2) is 95.7 Å². The Bertz CT molecular complexity index is 1240. The van der Waals surface area contributed by atoms with Crippen LogP contribution in [-0.2, 0) is 4.79 Å². The van der Waals surface area contributed by atoms with Gasteiger partial charge in [0, 0.05) is 24.0 Å². The van der Waals surface area contributed by atoms with Crippen LogP contribution in [0.1, 0.15) is 23.6 Å². The van der Waals surface area contributed by atoms with Crippen LogP contribution in [0.2, 0.25) is 0 Å². The maximum Gasteiger partial charge on any atom is 0.266 e. The van der Waals surface area contributed by atoms with Gasteiger partial charge in [-0.3, -0.25) is 9.69 Å². The number of carbonyl (C=O) groups is 1. The zero-order chi connectivity index (χ0) is 21.4. The van der Waals surface area contributed by atoms with E-state index in [1.165, 1.54) is 22.9 Å². The minimum Gasteiger partial charge on any atom is -0.316 e. The first kappa shape index (κ1) is 19.8. The Balaban J connectivity index is 1.60. The molecule has 1 amide bonds. The Labute approximate surface area is 191 Å². The zero-order valence-corrected chi connectivity index (χ0v) is 18.6. The van der Waals surface area contributed by atoms with Crippen molar-refractivity contribution < 1.29 is 4.79 Å². The highest BCUT2D eigenvalue weighted by Crippen LogP contribution is 2.39. The molecule has 0 saturated carbocycles. The fourth-order valence-corrected chi connectivity index (χ4v) is 5.23. The summed E-state index contributed by atoms with van der Waals surface area (Å²) >= 11 is 6.71. The molecule has 0 aromatic heterocycles. The van der Waals surface area contributed by atoms with Crippen LogP contribution < -0.4 is 0 Å². The Morgan fingerprint density at radius 1 is 1.00 bits per heavy atom. The van der Waals surface area contributed by atoms with Crippen molar-refractivity contribution in [1.82, 2.24) is 9.80 Å². The number of likely N-dealkylation sites (N-methyl/N-ethyl adjacent to an activating group) is 1. The first-order valence-corrected chi connectivity index (χ1v) is 11.4. The van der Waals surface area contributed by atoms with Gasteiger partial charge < -0.3 is 4.90 Å². The van der Waals surface area contributed by atoms with E-state index in [0.29, 0.717) is 15.8 Å². The number of hydrogen-bond acceptors (Lipinski definition) is 4. The van der Waals surface area contributed by atoms with Crippen molar-refractivity contribution in [3.63, 3.8) is 0 Å². The van der Waals surface area contributed by atoms with Crippen molar-refractivity contribution in [3.05, 3.63) is 112 Å². The number of fused-ring (bicyclic) bond motifs is 3. The van der Waals surface area contributed by atoms with Gasteiger partial charge in [0.1, 0.15) is 4.32 Å². The Morgan fingerprint density at radius 3 is 2.55 bits per heavy atom. The first-order chi connectivity index (χ1) is 15.2. The van der Waals surface area contributed by atoms with Crippen LogP contribution in [0.3, 0.4) is 0 Å². The lowest BCUT2D eigenvalue weighted by atomic mass is 9.93. The number of hydrogen-bond donors (Lipinski definition) is 0. The van der Waals surface area contributed by atoms with Gasteiger partial charge in [-0.15, -0.1) is 0 Å². The molecule has 3 nitrogen and oxygen atoms in total. The van der Waals surface area contributed by atoms with E-state index in [0.717, 1.165) is 22.5 Å². The van der Waals surface area contributed by atoms with Crippen molar-refractivity contribution in [2.75, 3.05) is 6.54 Å². The smallest absolute Gasteiger partial charge is 0.266 e. The van der Waals surface area contributed by atoms with E-state index in [2.05, 4.69) is 77.9 Å². The van der Waals surface area contributed by atoms with Crippen LogP contribution in [0, 0.1) is 0 Å². The third kappa shape index (κ3) is 3.60. The van der Waals surface area contributed by atoms with E-state index in [4.69, 9.17) is 12.2 Å². The second-order valence-electron chi connectivity index (χ2n) is 7.31. The lowest BCUT2D eigenvalue weighted by molar-refractivity contribution is -0.122. The van der Waals surface area contributed by atoms with Crippen LogP contribution in [-0.4, -0.2) is 26.6 Å². The van der Waals surface area contributed by atoms with Gasteiger partial charge in [0.2, 0.25) is 0 Å². The lowest BCUT2D eigenvalue weighted by Crippen LogP contribution is -2.27. The molecule has 0 spiro atoms. The number of amides is 1. The Hall–Kier alpha value is -3.15. The molecule has 31 heavy (non-hydrogen) atoms. The minimum absolute atomic E-state index is 0.0206. The summed E-state index contributed by atoms with van der Waals surface area (Å²) in [6.07, 6.45) is 12.5. The molecular formula is C26H20N2OS2. The average Bonchev–Trinajstić information content (AvgIpc) is 3.09. The number of thiocarbonyl (C=S) groups is 1. The molecule has 3 aliphatic heterocycles. The number of rotatable bonds is 3. The van der Waals surface area contributed by atoms with E-state index >= 15 is 0 Å². The molecule has 2 aromatic rings. The van der Waals surface area contributed by atoms with Gasteiger partial charge in [0.15, 0.2) is 0 Å². The number of benzene rings is 2. The predicted molar refractivity (Wildman–Crippen MR) is 133 cm³/mol. The molecule has 0 bridgehead atoms. The summed E-state index contributed by atoms with van der Waals surface area (Å²) in [6, 6.07) is 18.8. The fraction of sp³-hybridized carbons (Fsp3) is 0.0769. The summed E-state index contributed by atoms with van der Waals surface area (Å²) in [4.78, 5) is 17.1. The molecule has 5 rings (SSSR count). The van der Waals surface area contributed by atoms with Gasteiger partial charge in [-0.2, -0.15) is 0 Å². The van der Waals surface area contributed by atoms with Crippen molar-refractivity contribution in [1.29, 1.82) is 0 Å². The number of carbonyl (C=O) groups excluding carboxylic acids is 1. The molecule has 0 unspecified atom stereocenters. The summed E-state index contributed by atoms with van der Waals surface area (Å²) in [5.74, 6) is -0.0206. The average molecular weight is 441 g/mol. The largest absolute Gasteiger partial charge is 0.316 e. The summed E-state index contributed by atoms with van der Waals surface area (Å²) < 4.78 is 0.619. The predicted octanol–water partition coefficient (Wildman–Crippen LogP) is 6.06. The van der Waals surface area contributed by atoms with E-state index in [9.17, 15) is 4.79 Å². The quantitative estimate of drug-likeness (QED) is 0.428. The van der Waals surface area contributed by atoms with Crippen molar-refractivity contribution in [2.45, 2.75) is 6.92 Å². The molecule has 1 saturated heterocycles. The molecule has 2 aromatic carbocycles. The maximum absolute atomic E-state index is 12.6. The molecule has 0 radical (unpaired) electrons. The Morgan fingerprint density at radius 2 is 1.77 bits per heavy atom. The Kier molecular flexibility index (Phi) is 5.22. The van der Waals surface area contributed by atoms with Gasteiger partial charge in [-0.05, 0) is 54.0 Å². The fourth-order valence-electron chi connectivity index (χ4n) is 3.90. The van der Waals surface area contributed by atoms with Crippen LogP contribution in [0.4, 0.5) is 0 Å². The van der Waals surface area contributed by atoms with E-state index in [-0.39, 0.29) is 5.91 Å². The van der Waals surface area contributed by atoms with Gasteiger partial charge in [0.25, 0.3) is 5.91 Å². The third-order valence-corrected chi connectivity index (χ3v) is 6.87. The zero-order valence-electron chi connectivity index (χ0n) is 17.0. The third-order valence-electron chi connectivity index (χ3n) is 5.48. The number of allylic oxidation sites excluding steroid dienone is 5. The van der Waals surface area contributed by atoms with Crippen LogP contribution >= 0.6 is 24.0 Å². The summed E-state index contributed by atoms with van der Waals surface area (Å²) in [5.41, 5.74) is 6.81. The minimum atomic E-state index is -0.0206. The maximum atomic E-state index is 12.6. The highest BCUT2D eigenvalue weighted by Gasteiger charge is 2.30. The molecular weight excluding hydrogens is 420 g/mol. The lowest BCUT2D eigenvalue weighted by Gasteiger charge is -2.33. The molecule has 5 heteroatoms. The normalized spacial score (nSPS) is 20.2. The molecule has 1 fully saturated rings. The van der Waals surface area contributed by atoms with E-state index in [1.807, 2.05) is 25.1 Å². The van der Waals surface area contributed by atoms with Crippen LogP contribution in [0.5, 0.6) is 0 Å². The number of nitrogens with zero attached hydrogens (tertiary/aromatic N) is 2. The highest BCUT2D eigenvalue weighted by molar-refractivity contribution is 8.26. The molecule has 3 aliphatic rings. The first-order valence-electron chi connectivity index (χ1n) is 10.2. The van der Waals surface area contributed by atoms with Gasteiger partial charge >= 0.3 is 0 Å². The highest BCUT2D eigenvalue weighted by atomic mass is 32.2. The topological polar surface area (TPSA) is 23.6 Å². The number of thioether (sulfide) groups is 1. The van der Waals surface area contributed by atoms with Crippen molar-refractivity contribution in [3.8, 4) is 0 Å². The molecule has 0 atom stereocenters. The molecule has 3 heterocycles. The monoisotopic (exact) mass is 440 g/mol. The summed E-state index contributed by atoms with van der Waals surface area (Å²) in [5, 5.41) is 0. The second kappa shape index (κ2) is 8.17. The van der Waals surface area contributed by atoms with Gasteiger partial charge in [-0.25, -0.2) is 0 Å². The molecule has 0 aliphatic carbocycles. The molecule has 152 valence electrons. The SMILES string of the molecule is CCN1C(=O)C(=CC=C2C=C(c3ccccc3)C=C3c4ccccc4C=CN23)SC1=S. The van der Waals surface area contributed by atoms with Crippen molar-refractivity contribution in [2.24, 2.45) is 0 Å².